The molecule has 0 aliphatic heterocycles. The Morgan fingerprint density at radius 1 is 1.10 bits per heavy atom. The van der Waals surface area contributed by atoms with E-state index >= 15 is 0 Å². The lowest BCUT2D eigenvalue weighted by molar-refractivity contribution is 0.251. The molecule has 0 radical (unpaired) electrons. The van der Waals surface area contributed by atoms with Crippen LogP contribution in [-0.4, -0.2) is 27.1 Å². The predicted octanol–water partition coefficient (Wildman–Crippen LogP) is 4.51. The smallest absolute Gasteiger partial charge is 0.319 e. The van der Waals surface area contributed by atoms with Gasteiger partial charge in [-0.2, -0.15) is 0 Å². The molecule has 2 heterocycles. The quantitative estimate of drug-likeness (QED) is 0.511. The third kappa shape index (κ3) is 4.12. The van der Waals surface area contributed by atoms with Crippen molar-refractivity contribution in [3.05, 3.63) is 78.0 Å². The Morgan fingerprint density at radius 2 is 1.90 bits per heavy atom. The van der Waals surface area contributed by atoms with E-state index in [9.17, 15) is 13.6 Å². The van der Waals surface area contributed by atoms with Crippen LogP contribution in [0, 0.1) is 18.6 Å². The van der Waals surface area contributed by atoms with Gasteiger partial charge in [0.05, 0.1) is 0 Å². The molecule has 6 nitrogen and oxygen atoms in total. The van der Waals surface area contributed by atoms with Gasteiger partial charge in [0, 0.05) is 30.5 Å². The maximum atomic E-state index is 13.6. The first-order chi connectivity index (χ1) is 14.5. The Kier molecular flexibility index (Phi) is 5.38. The van der Waals surface area contributed by atoms with Gasteiger partial charge in [-0.1, -0.05) is 6.07 Å². The Morgan fingerprint density at radius 3 is 2.67 bits per heavy atom. The summed E-state index contributed by atoms with van der Waals surface area (Å²) in [5, 5.41) is 5.35. The monoisotopic (exact) mass is 407 g/mol. The van der Waals surface area contributed by atoms with Crippen LogP contribution < -0.4 is 10.6 Å². The summed E-state index contributed by atoms with van der Waals surface area (Å²) in [6, 6.07) is 13.8. The molecule has 0 bridgehead atoms. The fraction of sp³-hybridized carbons (Fsp3) is 0.136. The first-order valence-corrected chi connectivity index (χ1v) is 9.39. The molecule has 2 amide bonds. The highest BCUT2D eigenvalue weighted by atomic mass is 19.1. The number of fused-ring (bicyclic) bond motifs is 1. The van der Waals surface area contributed by atoms with Crippen LogP contribution in [0.2, 0.25) is 0 Å². The van der Waals surface area contributed by atoms with Crippen molar-refractivity contribution in [3.8, 4) is 11.4 Å². The maximum Gasteiger partial charge on any atom is 0.319 e. The van der Waals surface area contributed by atoms with Crippen LogP contribution in [-0.2, 0) is 6.54 Å². The van der Waals surface area contributed by atoms with E-state index in [4.69, 9.17) is 0 Å². The second kappa shape index (κ2) is 8.28. The van der Waals surface area contributed by atoms with Gasteiger partial charge in [0.1, 0.15) is 23.0 Å². The fourth-order valence-electron chi connectivity index (χ4n) is 3.12. The zero-order chi connectivity index (χ0) is 21.1. The Bertz CT molecular complexity index is 1200. The van der Waals surface area contributed by atoms with E-state index in [1.807, 2.05) is 10.6 Å². The van der Waals surface area contributed by atoms with Crippen LogP contribution in [0.25, 0.3) is 22.6 Å². The Balaban J connectivity index is 1.49. The number of rotatable bonds is 5. The summed E-state index contributed by atoms with van der Waals surface area (Å²) in [5.41, 5.74) is 3.00. The zero-order valence-corrected chi connectivity index (χ0v) is 16.2. The second-order valence-electron chi connectivity index (χ2n) is 6.78. The number of amides is 2. The number of nitrogens with one attached hydrogen (secondary N) is 2. The van der Waals surface area contributed by atoms with Crippen molar-refractivity contribution in [2.24, 2.45) is 0 Å². The molecule has 8 heteroatoms. The lowest BCUT2D eigenvalue weighted by Crippen LogP contribution is -2.31. The summed E-state index contributed by atoms with van der Waals surface area (Å²) in [6.45, 7) is 2.34. The lowest BCUT2D eigenvalue weighted by Gasteiger charge is -2.11. The van der Waals surface area contributed by atoms with E-state index in [1.54, 1.807) is 43.5 Å². The van der Waals surface area contributed by atoms with E-state index < -0.39 is 6.03 Å². The highest BCUT2D eigenvalue weighted by Crippen LogP contribution is 2.23. The van der Waals surface area contributed by atoms with E-state index in [-0.39, 0.29) is 18.2 Å². The van der Waals surface area contributed by atoms with E-state index in [0.717, 1.165) is 5.56 Å². The molecule has 30 heavy (non-hydrogen) atoms. The molecule has 0 saturated heterocycles. The van der Waals surface area contributed by atoms with Gasteiger partial charge < -0.3 is 15.2 Å². The van der Waals surface area contributed by atoms with Crippen molar-refractivity contribution < 1.29 is 13.6 Å². The number of nitrogens with zero attached hydrogens (tertiary/aromatic N) is 3. The van der Waals surface area contributed by atoms with Gasteiger partial charge in [0.2, 0.25) is 0 Å². The maximum absolute atomic E-state index is 13.6. The molecule has 0 saturated carbocycles. The van der Waals surface area contributed by atoms with Gasteiger partial charge in [-0.25, -0.2) is 23.5 Å². The van der Waals surface area contributed by atoms with Crippen molar-refractivity contribution in [2.75, 3.05) is 11.9 Å². The number of hydrogen-bond acceptors (Lipinski definition) is 3. The molecule has 0 atom stereocenters. The molecule has 4 rings (SSSR count). The minimum atomic E-state index is -0.445. The SMILES string of the molecule is Cc1ccc(NC(=O)NCCn2c(-c3ccc(F)cc3)nc3cccnc32)cc1F. The van der Waals surface area contributed by atoms with Crippen LogP contribution in [0.1, 0.15) is 5.56 Å². The zero-order valence-electron chi connectivity index (χ0n) is 16.2. The van der Waals surface area contributed by atoms with Crippen LogP contribution >= 0.6 is 0 Å². The van der Waals surface area contributed by atoms with E-state index in [1.165, 1.54) is 18.2 Å². The topological polar surface area (TPSA) is 71.8 Å². The highest BCUT2D eigenvalue weighted by Gasteiger charge is 2.14. The van der Waals surface area contributed by atoms with Crippen LogP contribution in [0.5, 0.6) is 0 Å². The number of halogens is 2. The number of hydrogen-bond donors (Lipinski definition) is 2. The third-order valence-corrected chi connectivity index (χ3v) is 4.66. The third-order valence-electron chi connectivity index (χ3n) is 4.66. The number of aromatic nitrogens is 3. The summed E-state index contributed by atoms with van der Waals surface area (Å²) in [6.07, 6.45) is 1.67. The molecule has 152 valence electrons. The van der Waals surface area contributed by atoms with Gasteiger partial charge in [0.25, 0.3) is 0 Å². The van der Waals surface area contributed by atoms with E-state index in [2.05, 4.69) is 20.6 Å². The second-order valence-corrected chi connectivity index (χ2v) is 6.78. The number of benzene rings is 2. The number of imidazole rings is 1. The summed E-state index contributed by atoms with van der Waals surface area (Å²) >= 11 is 0. The fourth-order valence-corrected chi connectivity index (χ4v) is 3.12. The minimum absolute atomic E-state index is 0.288. The largest absolute Gasteiger partial charge is 0.336 e. The van der Waals surface area contributed by atoms with Gasteiger partial charge in [-0.3, -0.25) is 0 Å². The number of urea groups is 1. The van der Waals surface area contributed by atoms with Crippen molar-refractivity contribution in [1.82, 2.24) is 19.9 Å². The first-order valence-electron chi connectivity index (χ1n) is 9.39. The van der Waals surface area contributed by atoms with E-state index in [0.29, 0.717) is 34.8 Å². The first kappa shape index (κ1) is 19.5. The van der Waals surface area contributed by atoms with Gasteiger partial charge in [0.15, 0.2) is 5.65 Å². The van der Waals surface area contributed by atoms with Crippen molar-refractivity contribution in [2.45, 2.75) is 13.5 Å². The summed E-state index contributed by atoms with van der Waals surface area (Å²) < 4.78 is 28.8. The molecule has 2 N–H and O–H groups in total. The number of carbonyl (C=O) groups is 1. The van der Waals surface area contributed by atoms with Gasteiger partial charge in [-0.05, 0) is 61.0 Å². The predicted molar refractivity (Wildman–Crippen MR) is 111 cm³/mol. The standard InChI is InChI=1S/C22H19F2N5O/c1-14-4-9-17(13-18(14)24)27-22(30)26-11-12-29-20(15-5-7-16(23)8-6-15)28-19-3-2-10-25-21(19)29/h2-10,13H,11-12H2,1H3,(H2,26,27,30). The van der Waals surface area contributed by atoms with Gasteiger partial charge >= 0.3 is 6.03 Å². The molecule has 0 fully saturated rings. The molecule has 0 aliphatic rings. The molecule has 0 unspecified atom stereocenters. The molecule has 2 aromatic heterocycles. The van der Waals surface area contributed by atoms with Crippen LogP contribution in [0.4, 0.5) is 19.3 Å². The highest BCUT2D eigenvalue weighted by molar-refractivity contribution is 5.89. The summed E-state index contributed by atoms with van der Waals surface area (Å²) in [4.78, 5) is 21.2. The number of anilines is 1. The Labute approximate surface area is 171 Å². The average Bonchev–Trinajstić information content (AvgIpc) is 3.10. The molecule has 2 aromatic carbocycles. The molecule has 0 spiro atoms. The minimum Gasteiger partial charge on any atom is -0.336 e. The molecular formula is C22H19F2N5O. The van der Waals surface area contributed by atoms with Crippen molar-refractivity contribution in [1.29, 1.82) is 0 Å². The number of aryl methyl sites for hydroxylation is 1. The Hall–Kier alpha value is -3.81. The summed E-state index contributed by atoms with van der Waals surface area (Å²) in [7, 11) is 0. The number of pyridine rings is 1. The average molecular weight is 407 g/mol. The van der Waals surface area contributed by atoms with Crippen LogP contribution in [0.3, 0.4) is 0 Å². The van der Waals surface area contributed by atoms with Crippen LogP contribution in [0.15, 0.2) is 60.8 Å². The summed E-state index contributed by atoms with van der Waals surface area (Å²) in [5.74, 6) is -0.0790. The van der Waals surface area contributed by atoms with Crippen molar-refractivity contribution >= 4 is 22.9 Å². The van der Waals surface area contributed by atoms with Gasteiger partial charge in [-0.15, -0.1) is 0 Å². The molecular weight excluding hydrogens is 388 g/mol. The molecule has 4 aromatic rings. The number of carbonyl (C=O) groups excluding carboxylic acids is 1. The lowest BCUT2D eigenvalue weighted by atomic mass is 10.2. The van der Waals surface area contributed by atoms with Crippen molar-refractivity contribution in [3.63, 3.8) is 0 Å². The normalized spacial score (nSPS) is 10.9. The molecule has 0 aliphatic carbocycles.